The number of benzene rings is 1. The lowest BCUT2D eigenvalue weighted by atomic mass is 9.80. The van der Waals surface area contributed by atoms with Gasteiger partial charge < -0.3 is 15.2 Å². The zero-order valence-corrected chi connectivity index (χ0v) is 9.91. The van der Waals surface area contributed by atoms with Gasteiger partial charge >= 0.3 is 7.12 Å². The van der Waals surface area contributed by atoms with Gasteiger partial charge in [0.25, 0.3) is 0 Å². The minimum Gasteiger partial charge on any atom is -0.508 e. The summed E-state index contributed by atoms with van der Waals surface area (Å²) in [5, 5.41) is 28.3. The van der Waals surface area contributed by atoms with Gasteiger partial charge in [-0.1, -0.05) is 0 Å². The Balaban J connectivity index is 2.79. The Morgan fingerprint density at radius 3 is 2.64 bits per heavy atom. The second-order valence-corrected chi connectivity index (χ2v) is 5.71. The van der Waals surface area contributed by atoms with Crippen molar-refractivity contribution in [1.29, 1.82) is 0 Å². The second kappa shape index (κ2) is 3.69. The molecule has 0 atom stereocenters. The molecule has 0 amide bonds. The highest BCUT2D eigenvalue weighted by Crippen LogP contribution is 2.27. The fourth-order valence-corrected chi connectivity index (χ4v) is 3.53. The molecule has 72 valence electrons. The van der Waals surface area contributed by atoms with E-state index >= 15 is 0 Å². The first-order chi connectivity index (χ1) is 6.59. The maximum atomic E-state index is 9.28. The lowest BCUT2D eigenvalue weighted by molar-refractivity contribution is 0.426. The fraction of sp³-hybridized carbons (Fsp3) is 0. The first-order valence-electron chi connectivity index (χ1n) is 3.86. The molecule has 2 rings (SSSR count). The molecule has 1 heterocycles. The Kier molecular flexibility index (Phi) is 2.69. The van der Waals surface area contributed by atoms with Crippen LogP contribution in [0, 0.1) is 2.88 Å². The summed E-state index contributed by atoms with van der Waals surface area (Å²) in [6.45, 7) is 0. The van der Waals surface area contributed by atoms with Crippen LogP contribution in [0.4, 0.5) is 0 Å². The van der Waals surface area contributed by atoms with E-state index in [1.165, 1.54) is 11.3 Å². The van der Waals surface area contributed by atoms with Gasteiger partial charge in [0.05, 0.1) is 2.88 Å². The zero-order chi connectivity index (χ0) is 10.3. The number of phenolic OH excluding ortho intramolecular Hbond substituents is 1. The smallest absolute Gasteiger partial charge is 0.491 e. The van der Waals surface area contributed by atoms with Gasteiger partial charge in [-0.15, -0.1) is 11.3 Å². The zero-order valence-electron chi connectivity index (χ0n) is 6.94. The van der Waals surface area contributed by atoms with Crippen molar-refractivity contribution in [2.24, 2.45) is 0 Å². The summed E-state index contributed by atoms with van der Waals surface area (Å²) < 4.78 is 1.77. The molecule has 6 heteroatoms. The van der Waals surface area contributed by atoms with Crippen LogP contribution in [0.15, 0.2) is 18.2 Å². The van der Waals surface area contributed by atoms with Gasteiger partial charge in [0.1, 0.15) is 5.75 Å². The third-order valence-corrected chi connectivity index (χ3v) is 4.14. The highest BCUT2D eigenvalue weighted by Gasteiger charge is 2.21. The lowest BCUT2D eigenvalue weighted by Gasteiger charge is -1.98. The molecule has 0 spiro atoms. The molecular formula is C8H6BIO3S. The Morgan fingerprint density at radius 2 is 2.00 bits per heavy atom. The standard InChI is InChI=1S/C8H6BIO3S/c10-8-7(9(12)13)5-3-4(11)1-2-6(5)14-8/h1-3,11-13H. The number of halogens is 1. The molecule has 2 aromatic rings. The van der Waals surface area contributed by atoms with Crippen LogP contribution in [0.2, 0.25) is 0 Å². The molecule has 0 aliphatic heterocycles. The van der Waals surface area contributed by atoms with Crippen molar-refractivity contribution in [3.63, 3.8) is 0 Å². The van der Waals surface area contributed by atoms with Gasteiger partial charge in [-0.3, -0.25) is 0 Å². The highest BCUT2D eigenvalue weighted by molar-refractivity contribution is 14.1. The maximum Gasteiger partial charge on any atom is 0.491 e. The van der Waals surface area contributed by atoms with Gasteiger partial charge in [0, 0.05) is 10.2 Å². The van der Waals surface area contributed by atoms with Crippen LogP contribution >= 0.6 is 33.9 Å². The predicted molar refractivity (Wildman–Crippen MR) is 66.0 cm³/mol. The predicted octanol–water partition coefficient (Wildman–Crippen LogP) is 0.891. The molecule has 0 bridgehead atoms. The first kappa shape index (κ1) is 10.2. The van der Waals surface area contributed by atoms with E-state index in [1.54, 1.807) is 18.2 Å². The van der Waals surface area contributed by atoms with Crippen LogP contribution in [0.1, 0.15) is 0 Å². The molecule has 0 saturated heterocycles. The Bertz CT molecular complexity index is 483. The van der Waals surface area contributed by atoms with Crippen LogP contribution in [0.25, 0.3) is 10.1 Å². The van der Waals surface area contributed by atoms with E-state index in [1.807, 2.05) is 0 Å². The quantitative estimate of drug-likeness (QED) is 0.540. The van der Waals surface area contributed by atoms with Crippen molar-refractivity contribution in [3.05, 3.63) is 21.1 Å². The van der Waals surface area contributed by atoms with Crippen molar-refractivity contribution >= 4 is 56.6 Å². The van der Waals surface area contributed by atoms with Crippen LogP contribution < -0.4 is 5.46 Å². The van der Waals surface area contributed by atoms with Crippen LogP contribution in [0.5, 0.6) is 5.75 Å². The van der Waals surface area contributed by atoms with Gasteiger partial charge in [-0.25, -0.2) is 0 Å². The molecule has 0 aliphatic carbocycles. The number of thiophene rings is 1. The van der Waals surface area contributed by atoms with Crippen molar-refractivity contribution in [1.82, 2.24) is 0 Å². The first-order valence-corrected chi connectivity index (χ1v) is 5.76. The van der Waals surface area contributed by atoms with Crippen LogP contribution in [0.3, 0.4) is 0 Å². The van der Waals surface area contributed by atoms with E-state index in [9.17, 15) is 5.11 Å². The summed E-state index contributed by atoms with van der Waals surface area (Å²) in [7, 11) is -1.49. The molecule has 0 fully saturated rings. The monoisotopic (exact) mass is 320 g/mol. The topological polar surface area (TPSA) is 60.7 Å². The second-order valence-electron chi connectivity index (χ2n) is 2.84. The van der Waals surface area contributed by atoms with Crippen molar-refractivity contribution in [3.8, 4) is 5.75 Å². The van der Waals surface area contributed by atoms with Gasteiger partial charge in [-0.2, -0.15) is 0 Å². The molecule has 1 aromatic heterocycles. The summed E-state index contributed by atoms with van der Waals surface area (Å²) in [6, 6.07) is 4.90. The number of fused-ring (bicyclic) bond motifs is 1. The maximum absolute atomic E-state index is 9.28. The van der Waals surface area contributed by atoms with Crippen LogP contribution in [-0.4, -0.2) is 22.3 Å². The van der Waals surface area contributed by atoms with E-state index in [4.69, 9.17) is 10.0 Å². The number of hydrogen-bond acceptors (Lipinski definition) is 4. The summed E-state index contributed by atoms with van der Waals surface area (Å²) in [5.41, 5.74) is 0.474. The lowest BCUT2D eigenvalue weighted by Crippen LogP contribution is -2.30. The van der Waals surface area contributed by atoms with Crippen LogP contribution in [-0.2, 0) is 0 Å². The third-order valence-electron chi connectivity index (χ3n) is 1.92. The molecule has 0 aliphatic rings. The van der Waals surface area contributed by atoms with Crippen molar-refractivity contribution in [2.45, 2.75) is 0 Å². The van der Waals surface area contributed by atoms with E-state index in [-0.39, 0.29) is 5.75 Å². The molecule has 14 heavy (non-hydrogen) atoms. The molecule has 0 radical (unpaired) electrons. The summed E-state index contributed by atoms with van der Waals surface area (Å²) >= 11 is 3.53. The average molecular weight is 320 g/mol. The Morgan fingerprint density at radius 1 is 1.29 bits per heavy atom. The average Bonchev–Trinajstić information content (AvgIpc) is 2.40. The molecule has 3 nitrogen and oxygen atoms in total. The fourth-order valence-electron chi connectivity index (χ4n) is 1.32. The molecule has 0 saturated carbocycles. The van der Waals surface area contributed by atoms with E-state index < -0.39 is 7.12 Å². The Hall–Kier alpha value is -0.305. The van der Waals surface area contributed by atoms with E-state index in [2.05, 4.69) is 22.6 Å². The minimum absolute atomic E-state index is 0.133. The summed E-state index contributed by atoms with van der Waals surface area (Å²) in [5.74, 6) is 0.133. The molecular weight excluding hydrogens is 314 g/mol. The normalized spacial score (nSPS) is 10.8. The highest BCUT2D eigenvalue weighted by atomic mass is 127. The summed E-state index contributed by atoms with van der Waals surface area (Å²) in [6.07, 6.45) is 0. The minimum atomic E-state index is -1.49. The number of aromatic hydroxyl groups is 1. The van der Waals surface area contributed by atoms with Crippen molar-refractivity contribution in [2.75, 3.05) is 0 Å². The van der Waals surface area contributed by atoms with E-state index in [0.717, 1.165) is 7.58 Å². The summed E-state index contributed by atoms with van der Waals surface area (Å²) in [4.78, 5) is 0. The van der Waals surface area contributed by atoms with Gasteiger partial charge in [0.2, 0.25) is 0 Å². The molecule has 0 unspecified atom stereocenters. The van der Waals surface area contributed by atoms with Gasteiger partial charge in [-0.05, 0) is 46.2 Å². The number of hydrogen-bond donors (Lipinski definition) is 3. The number of rotatable bonds is 1. The number of phenols is 1. The largest absolute Gasteiger partial charge is 0.508 e. The molecule has 3 N–H and O–H groups in total. The Labute approximate surface area is 98.3 Å². The van der Waals surface area contributed by atoms with E-state index in [0.29, 0.717) is 10.8 Å². The SMILES string of the molecule is OB(O)c1c(I)sc2ccc(O)cc12. The van der Waals surface area contributed by atoms with Crippen molar-refractivity contribution < 1.29 is 15.2 Å². The van der Waals surface area contributed by atoms with Gasteiger partial charge in [0.15, 0.2) is 0 Å². The molecule has 1 aromatic carbocycles. The third kappa shape index (κ3) is 1.62.